The maximum Gasteiger partial charge on any atom is 0.266 e. The van der Waals surface area contributed by atoms with Crippen molar-refractivity contribution in [3.63, 3.8) is 0 Å². The van der Waals surface area contributed by atoms with E-state index < -0.39 is 0 Å². The predicted octanol–water partition coefficient (Wildman–Crippen LogP) is 5.60. The average molecular weight is 518 g/mol. The molecule has 0 unspecified atom stereocenters. The topological polar surface area (TPSA) is 84.7 Å². The Labute approximate surface area is 218 Å². The smallest absolute Gasteiger partial charge is 0.266 e. The number of halogens is 1. The van der Waals surface area contributed by atoms with Crippen molar-refractivity contribution in [3.05, 3.63) is 75.8 Å². The molecule has 37 heavy (non-hydrogen) atoms. The van der Waals surface area contributed by atoms with Crippen LogP contribution in [-0.2, 0) is 0 Å². The molecule has 2 heterocycles. The van der Waals surface area contributed by atoms with Crippen molar-refractivity contribution in [1.82, 2.24) is 14.5 Å². The van der Waals surface area contributed by atoms with Gasteiger partial charge in [-0.3, -0.25) is 9.36 Å². The van der Waals surface area contributed by atoms with E-state index >= 15 is 0 Å². The van der Waals surface area contributed by atoms with Gasteiger partial charge < -0.3 is 18.9 Å². The number of hydrogen-bond donors (Lipinski definition) is 0. The van der Waals surface area contributed by atoms with Gasteiger partial charge in [-0.15, -0.1) is 0 Å². The summed E-state index contributed by atoms with van der Waals surface area (Å²) in [5, 5.41) is 1.62. The fourth-order valence-corrected chi connectivity index (χ4v) is 4.56. The van der Waals surface area contributed by atoms with Gasteiger partial charge >= 0.3 is 0 Å². The van der Waals surface area contributed by atoms with Crippen LogP contribution in [0.3, 0.4) is 0 Å². The Bertz CT molecular complexity index is 1710. The molecule has 0 aliphatic rings. The summed E-state index contributed by atoms with van der Waals surface area (Å²) in [5.74, 6) is 2.41. The monoisotopic (exact) mass is 517 g/mol. The first-order valence-corrected chi connectivity index (χ1v) is 11.7. The Morgan fingerprint density at radius 1 is 0.784 bits per heavy atom. The minimum absolute atomic E-state index is 0.288. The summed E-state index contributed by atoms with van der Waals surface area (Å²) in [6, 6.07) is 16.1. The van der Waals surface area contributed by atoms with Crippen molar-refractivity contribution in [3.8, 4) is 39.9 Å². The fourth-order valence-electron chi connectivity index (χ4n) is 4.44. The van der Waals surface area contributed by atoms with Crippen LogP contribution in [0.4, 0.5) is 0 Å². The molecule has 5 rings (SSSR count). The molecule has 0 N–H and O–H groups in total. The SMILES string of the molecule is COc1ccc2nc(-c3ccc(Cl)cc3)c3nc(C)n(-c4cc(OC)c(OC)cc4OC)c(=O)c3c2c1. The van der Waals surface area contributed by atoms with Gasteiger partial charge in [0.05, 0.1) is 50.7 Å². The number of hydrogen-bond acceptors (Lipinski definition) is 7. The normalized spacial score (nSPS) is 11.1. The highest BCUT2D eigenvalue weighted by molar-refractivity contribution is 6.30. The lowest BCUT2D eigenvalue weighted by atomic mass is 10.0. The van der Waals surface area contributed by atoms with Gasteiger partial charge in [0.25, 0.3) is 5.56 Å². The molecule has 0 saturated heterocycles. The highest BCUT2D eigenvalue weighted by Gasteiger charge is 2.22. The van der Waals surface area contributed by atoms with E-state index in [-0.39, 0.29) is 5.56 Å². The quantitative estimate of drug-likeness (QED) is 0.271. The molecule has 0 bridgehead atoms. The lowest BCUT2D eigenvalue weighted by Crippen LogP contribution is -2.23. The molecule has 0 amide bonds. The van der Waals surface area contributed by atoms with Gasteiger partial charge in [-0.2, -0.15) is 0 Å². The number of methoxy groups -OCH3 is 4. The molecule has 188 valence electrons. The molecule has 0 saturated carbocycles. The fraction of sp³-hybridized carbons (Fsp3) is 0.179. The van der Waals surface area contributed by atoms with E-state index in [4.69, 9.17) is 40.5 Å². The van der Waals surface area contributed by atoms with Crippen LogP contribution in [0.5, 0.6) is 23.0 Å². The van der Waals surface area contributed by atoms with Crippen molar-refractivity contribution in [2.75, 3.05) is 28.4 Å². The first-order chi connectivity index (χ1) is 17.9. The van der Waals surface area contributed by atoms with Gasteiger partial charge in [-0.05, 0) is 37.3 Å². The minimum Gasteiger partial charge on any atom is -0.497 e. The van der Waals surface area contributed by atoms with Crippen LogP contribution in [0.2, 0.25) is 5.02 Å². The van der Waals surface area contributed by atoms with Gasteiger partial charge in [0.15, 0.2) is 11.5 Å². The first-order valence-electron chi connectivity index (χ1n) is 11.4. The molecule has 2 aromatic heterocycles. The zero-order valence-electron chi connectivity index (χ0n) is 21.0. The lowest BCUT2D eigenvalue weighted by molar-refractivity contribution is 0.348. The zero-order chi connectivity index (χ0) is 26.3. The zero-order valence-corrected chi connectivity index (χ0v) is 21.7. The van der Waals surface area contributed by atoms with Crippen molar-refractivity contribution >= 4 is 33.4 Å². The molecule has 9 heteroatoms. The van der Waals surface area contributed by atoms with Gasteiger partial charge in [0.2, 0.25) is 0 Å². The number of aryl methyl sites for hydroxylation is 1. The van der Waals surface area contributed by atoms with Crippen molar-refractivity contribution in [2.45, 2.75) is 6.92 Å². The van der Waals surface area contributed by atoms with Crippen LogP contribution in [0.25, 0.3) is 38.8 Å². The number of nitrogens with zero attached hydrogens (tertiary/aromatic N) is 3. The lowest BCUT2D eigenvalue weighted by Gasteiger charge is -2.18. The Kier molecular flexibility index (Phi) is 6.35. The number of fused-ring (bicyclic) bond motifs is 3. The number of ether oxygens (including phenoxy) is 4. The second-order valence-electron chi connectivity index (χ2n) is 8.25. The van der Waals surface area contributed by atoms with E-state index in [0.29, 0.717) is 67.0 Å². The molecule has 3 aromatic carbocycles. The van der Waals surface area contributed by atoms with Crippen LogP contribution in [0.1, 0.15) is 5.82 Å². The summed E-state index contributed by atoms with van der Waals surface area (Å²) < 4.78 is 23.5. The summed E-state index contributed by atoms with van der Waals surface area (Å²) in [5.41, 5.74) is 2.66. The number of benzene rings is 3. The third-order valence-electron chi connectivity index (χ3n) is 6.22. The Balaban J connectivity index is 1.94. The number of aromatic nitrogens is 3. The van der Waals surface area contributed by atoms with E-state index in [1.54, 1.807) is 44.4 Å². The van der Waals surface area contributed by atoms with Crippen molar-refractivity contribution < 1.29 is 18.9 Å². The highest BCUT2D eigenvalue weighted by atomic mass is 35.5. The number of pyridine rings is 1. The molecular formula is C28H24ClN3O5. The van der Waals surface area contributed by atoms with Gasteiger partial charge in [0, 0.05) is 28.1 Å². The molecule has 0 aliphatic carbocycles. The summed E-state index contributed by atoms with van der Waals surface area (Å²) in [4.78, 5) is 24.1. The maximum absolute atomic E-state index is 14.3. The number of rotatable bonds is 6. The Morgan fingerprint density at radius 2 is 1.46 bits per heavy atom. The molecule has 0 atom stereocenters. The summed E-state index contributed by atoms with van der Waals surface area (Å²) in [6.07, 6.45) is 0. The van der Waals surface area contributed by atoms with Crippen LogP contribution in [-0.4, -0.2) is 43.0 Å². The second kappa shape index (κ2) is 9.63. The molecule has 8 nitrogen and oxygen atoms in total. The van der Waals surface area contributed by atoms with E-state index in [1.165, 1.54) is 25.9 Å². The minimum atomic E-state index is -0.288. The predicted molar refractivity (Wildman–Crippen MR) is 144 cm³/mol. The highest BCUT2D eigenvalue weighted by Crippen LogP contribution is 2.38. The van der Waals surface area contributed by atoms with Crippen molar-refractivity contribution in [1.29, 1.82) is 0 Å². The third-order valence-corrected chi connectivity index (χ3v) is 6.48. The van der Waals surface area contributed by atoms with Crippen LogP contribution in [0.15, 0.2) is 59.4 Å². The summed E-state index contributed by atoms with van der Waals surface area (Å²) in [6.45, 7) is 1.76. The van der Waals surface area contributed by atoms with E-state index in [9.17, 15) is 4.79 Å². The Hall–Kier alpha value is -4.30. The molecule has 0 radical (unpaired) electrons. The van der Waals surface area contributed by atoms with E-state index in [1.807, 2.05) is 24.3 Å². The largest absolute Gasteiger partial charge is 0.497 e. The van der Waals surface area contributed by atoms with E-state index in [2.05, 4.69) is 0 Å². The molecule has 0 fully saturated rings. The Morgan fingerprint density at radius 3 is 2.11 bits per heavy atom. The van der Waals surface area contributed by atoms with Gasteiger partial charge in [-0.1, -0.05) is 23.7 Å². The third kappa shape index (κ3) is 4.09. The molecular weight excluding hydrogens is 494 g/mol. The second-order valence-corrected chi connectivity index (χ2v) is 8.69. The molecule has 0 spiro atoms. The summed E-state index contributed by atoms with van der Waals surface area (Å²) >= 11 is 6.13. The van der Waals surface area contributed by atoms with Crippen LogP contribution < -0.4 is 24.5 Å². The molecule has 5 aromatic rings. The molecule has 0 aliphatic heterocycles. The van der Waals surface area contributed by atoms with Crippen LogP contribution in [0, 0.1) is 6.92 Å². The van der Waals surface area contributed by atoms with Crippen LogP contribution >= 0.6 is 11.6 Å². The van der Waals surface area contributed by atoms with Gasteiger partial charge in [0.1, 0.15) is 22.8 Å². The summed E-state index contributed by atoms with van der Waals surface area (Å²) in [7, 11) is 6.18. The van der Waals surface area contributed by atoms with Crippen molar-refractivity contribution in [2.24, 2.45) is 0 Å². The maximum atomic E-state index is 14.3. The average Bonchev–Trinajstić information content (AvgIpc) is 2.92. The first kappa shape index (κ1) is 24.4. The van der Waals surface area contributed by atoms with Gasteiger partial charge in [-0.25, -0.2) is 9.97 Å². The van der Waals surface area contributed by atoms with E-state index in [0.717, 1.165) is 5.56 Å². The standard InChI is InChI=1S/C28H24ClN3O5/c1-15-30-27-25(28(33)32(15)21-13-23(36-4)24(37-5)14-22(21)35-3)19-12-18(34-2)10-11-20(19)31-26(27)16-6-8-17(29)9-7-16/h6-14H,1-5H3.